The second-order valence-electron chi connectivity index (χ2n) is 7.71. The molecule has 0 saturated carbocycles. The quantitative estimate of drug-likeness (QED) is 0.284. The van der Waals surface area contributed by atoms with Gasteiger partial charge in [0.2, 0.25) is 0 Å². The standard InChI is InChI=1S/C26H38N2O/c1-4-18-28(19-5-2)20-8-6-7-9-23-10-12-24(13-11-23)21-27-22-25-14-16-26(29-3)17-15-25/h10-17,22H,4-9,18-21H2,1-3H3. The maximum Gasteiger partial charge on any atom is 0.118 e. The zero-order chi connectivity index (χ0) is 20.7. The average Bonchev–Trinajstić information content (AvgIpc) is 2.75. The molecule has 0 saturated heterocycles. The van der Waals surface area contributed by atoms with Gasteiger partial charge in [0.1, 0.15) is 5.75 Å². The molecule has 0 bridgehead atoms. The van der Waals surface area contributed by atoms with E-state index in [1.807, 2.05) is 30.5 Å². The number of aliphatic imine (C=N–C) groups is 1. The summed E-state index contributed by atoms with van der Waals surface area (Å²) in [7, 11) is 1.68. The highest BCUT2D eigenvalue weighted by atomic mass is 16.5. The number of benzene rings is 2. The number of hydrogen-bond donors (Lipinski definition) is 0. The van der Waals surface area contributed by atoms with Crippen molar-refractivity contribution in [3.63, 3.8) is 0 Å². The van der Waals surface area contributed by atoms with Gasteiger partial charge >= 0.3 is 0 Å². The van der Waals surface area contributed by atoms with Crippen molar-refractivity contribution >= 4 is 6.21 Å². The van der Waals surface area contributed by atoms with Crippen molar-refractivity contribution in [1.82, 2.24) is 4.90 Å². The van der Waals surface area contributed by atoms with Crippen molar-refractivity contribution in [2.45, 2.75) is 58.9 Å². The van der Waals surface area contributed by atoms with Gasteiger partial charge in [0.15, 0.2) is 0 Å². The van der Waals surface area contributed by atoms with Crippen LogP contribution in [-0.4, -0.2) is 37.9 Å². The van der Waals surface area contributed by atoms with Crippen LogP contribution in [0.5, 0.6) is 5.75 Å². The Balaban J connectivity index is 1.66. The molecule has 0 radical (unpaired) electrons. The maximum absolute atomic E-state index is 5.18. The first-order valence-electron chi connectivity index (χ1n) is 11.2. The Morgan fingerprint density at radius 3 is 2.07 bits per heavy atom. The molecule has 0 amide bonds. The Labute approximate surface area is 177 Å². The lowest BCUT2D eigenvalue weighted by Gasteiger charge is -2.20. The summed E-state index contributed by atoms with van der Waals surface area (Å²) in [5, 5.41) is 0. The highest BCUT2D eigenvalue weighted by Gasteiger charge is 2.02. The van der Waals surface area contributed by atoms with Crippen LogP contribution in [0.3, 0.4) is 0 Å². The third-order valence-corrected chi connectivity index (χ3v) is 5.17. The van der Waals surface area contributed by atoms with Gasteiger partial charge in [-0.1, -0.05) is 44.5 Å². The highest BCUT2D eigenvalue weighted by molar-refractivity contribution is 5.79. The van der Waals surface area contributed by atoms with Gasteiger partial charge in [-0.05, 0) is 92.7 Å². The normalized spacial score (nSPS) is 11.4. The van der Waals surface area contributed by atoms with Crippen molar-refractivity contribution in [1.29, 1.82) is 0 Å². The minimum Gasteiger partial charge on any atom is -0.497 e. The van der Waals surface area contributed by atoms with Crippen molar-refractivity contribution in [2.24, 2.45) is 4.99 Å². The summed E-state index contributed by atoms with van der Waals surface area (Å²) in [6.45, 7) is 9.02. The predicted octanol–water partition coefficient (Wildman–Crippen LogP) is 6.15. The molecule has 0 aliphatic carbocycles. The summed E-state index contributed by atoms with van der Waals surface area (Å²) >= 11 is 0. The first-order valence-corrected chi connectivity index (χ1v) is 11.2. The number of rotatable bonds is 14. The van der Waals surface area contributed by atoms with Gasteiger partial charge in [-0.3, -0.25) is 4.99 Å². The number of aryl methyl sites for hydroxylation is 1. The topological polar surface area (TPSA) is 24.8 Å². The van der Waals surface area contributed by atoms with Crippen LogP contribution in [-0.2, 0) is 13.0 Å². The molecular weight excluding hydrogens is 356 g/mol. The average molecular weight is 395 g/mol. The first-order chi connectivity index (χ1) is 14.2. The SMILES string of the molecule is CCCN(CCC)CCCCCc1ccc(CN=Cc2ccc(OC)cc2)cc1. The summed E-state index contributed by atoms with van der Waals surface area (Å²) in [6.07, 6.45) is 9.54. The van der Waals surface area contributed by atoms with Gasteiger partial charge in [-0.15, -0.1) is 0 Å². The number of ether oxygens (including phenoxy) is 1. The summed E-state index contributed by atoms with van der Waals surface area (Å²) in [5.74, 6) is 0.872. The van der Waals surface area contributed by atoms with Crippen molar-refractivity contribution < 1.29 is 4.74 Å². The molecule has 0 aliphatic heterocycles. The van der Waals surface area contributed by atoms with Crippen LogP contribution in [0.25, 0.3) is 0 Å². The lowest BCUT2D eigenvalue weighted by atomic mass is 10.0. The molecule has 0 aliphatic rings. The van der Waals surface area contributed by atoms with Crippen molar-refractivity contribution in [3.8, 4) is 5.75 Å². The summed E-state index contributed by atoms with van der Waals surface area (Å²) in [5.41, 5.74) is 3.79. The molecule has 0 spiro atoms. The molecule has 0 unspecified atom stereocenters. The van der Waals surface area contributed by atoms with Gasteiger partial charge in [0.25, 0.3) is 0 Å². The zero-order valence-electron chi connectivity index (χ0n) is 18.6. The van der Waals surface area contributed by atoms with E-state index >= 15 is 0 Å². The second-order valence-corrected chi connectivity index (χ2v) is 7.71. The Morgan fingerprint density at radius 1 is 0.793 bits per heavy atom. The third-order valence-electron chi connectivity index (χ3n) is 5.17. The Bertz CT molecular complexity index is 686. The highest BCUT2D eigenvalue weighted by Crippen LogP contribution is 2.12. The van der Waals surface area contributed by atoms with E-state index in [1.165, 1.54) is 69.3 Å². The lowest BCUT2D eigenvalue weighted by molar-refractivity contribution is 0.268. The molecule has 29 heavy (non-hydrogen) atoms. The van der Waals surface area contributed by atoms with Gasteiger partial charge < -0.3 is 9.64 Å². The van der Waals surface area contributed by atoms with Crippen LogP contribution in [0, 0.1) is 0 Å². The smallest absolute Gasteiger partial charge is 0.118 e. The molecule has 0 heterocycles. The molecule has 2 aromatic carbocycles. The number of methoxy groups -OCH3 is 1. The maximum atomic E-state index is 5.18. The van der Waals surface area contributed by atoms with Gasteiger partial charge in [-0.2, -0.15) is 0 Å². The van der Waals surface area contributed by atoms with Crippen LogP contribution < -0.4 is 4.74 Å². The van der Waals surface area contributed by atoms with Gasteiger partial charge in [0.05, 0.1) is 13.7 Å². The van der Waals surface area contributed by atoms with Crippen LogP contribution in [0.4, 0.5) is 0 Å². The van der Waals surface area contributed by atoms with Gasteiger partial charge in [0, 0.05) is 6.21 Å². The molecule has 0 atom stereocenters. The second kappa shape index (κ2) is 13.9. The lowest BCUT2D eigenvalue weighted by Crippen LogP contribution is -2.26. The summed E-state index contributed by atoms with van der Waals surface area (Å²) < 4.78 is 5.18. The fraction of sp³-hybridized carbons (Fsp3) is 0.500. The van der Waals surface area contributed by atoms with E-state index in [-0.39, 0.29) is 0 Å². The van der Waals surface area contributed by atoms with Crippen molar-refractivity contribution in [2.75, 3.05) is 26.7 Å². The molecule has 2 aromatic rings. The minimum absolute atomic E-state index is 0.719. The van der Waals surface area contributed by atoms with Crippen molar-refractivity contribution in [3.05, 3.63) is 65.2 Å². The fourth-order valence-electron chi connectivity index (χ4n) is 3.57. The van der Waals surface area contributed by atoms with Crippen LogP contribution in [0.2, 0.25) is 0 Å². The molecule has 0 aromatic heterocycles. The molecule has 3 nitrogen and oxygen atoms in total. The first kappa shape index (κ1) is 23.2. The van der Waals surface area contributed by atoms with E-state index in [4.69, 9.17) is 4.74 Å². The summed E-state index contributed by atoms with van der Waals surface area (Å²) in [6, 6.07) is 16.9. The molecule has 158 valence electrons. The summed E-state index contributed by atoms with van der Waals surface area (Å²) in [4.78, 5) is 7.17. The minimum atomic E-state index is 0.719. The van der Waals surface area contributed by atoms with E-state index in [1.54, 1.807) is 7.11 Å². The number of nitrogens with zero attached hydrogens (tertiary/aromatic N) is 2. The van der Waals surface area contributed by atoms with Crippen LogP contribution in [0.1, 0.15) is 62.6 Å². The molecule has 2 rings (SSSR count). The molecular formula is C26H38N2O. The Morgan fingerprint density at radius 2 is 1.45 bits per heavy atom. The van der Waals surface area contributed by atoms with Crippen LogP contribution in [0.15, 0.2) is 53.5 Å². The zero-order valence-corrected chi connectivity index (χ0v) is 18.6. The number of hydrogen-bond acceptors (Lipinski definition) is 3. The predicted molar refractivity (Wildman–Crippen MR) is 125 cm³/mol. The molecule has 0 N–H and O–H groups in total. The van der Waals surface area contributed by atoms with Gasteiger partial charge in [-0.25, -0.2) is 0 Å². The fourth-order valence-corrected chi connectivity index (χ4v) is 3.57. The largest absolute Gasteiger partial charge is 0.497 e. The third kappa shape index (κ3) is 9.27. The van der Waals surface area contributed by atoms with Crippen LogP contribution >= 0.6 is 0 Å². The van der Waals surface area contributed by atoms with E-state index in [2.05, 4.69) is 48.0 Å². The Hall–Kier alpha value is -2.13. The van der Waals surface area contributed by atoms with E-state index in [0.29, 0.717) is 0 Å². The number of unbranched alkanes of at least 4 members (excludes halogenated alkanes) is 2. The Kier molecular flexibility index (Phi) is 11.1. The molecule has 3 heteroatoms. The van der Waals surface area contributed by atoms with E-state index < -0.39 is 0 Å². The monoisotopic (exact) mass is 394 g/mol. The van der Waals surface area contributed by atoms with E-state index in [0.717, 1.165) is 17.9 Å². The molecule has 0 fully saturated rings. The van der Waals surface area contributed by atoms with E-state index in [9.17, 15) is 0 Å².